The zero-order valence-electron chi connectivity index (χ0n) is 8.37. The third-order valence-corrected chi connectivity index (χ3v) is 2.24. The molecule has 4 nitrogen and oxygen atoms in total. The Morgan fingerprint density at radius 1 is 1.36 bits per heavy atom. The van der Waals surface area contributed by atoms with Crippen LogP contribution in [0.15, 0.2) is 18.2 Å². The van der Waals surface area contributed by atoms with Crippen LogP contribution in [0.4, 0.5) is 5.69 Å². The molecule has 0 unspecified atom stereocenters. The van der Waals surface area contributed by atoms with Gasteiger partial charge in [0.2, 0.25) is 10.0 Å². The zero-order valence-corrected chi connectivity index (χ0v) is 9.18. The van der Waals surface area contributed by atoms with Gasteiger partial charge in [0.1, 0.15) is 5.75 Å². The summed E-state index contributed by atoms with van der Waals surface area (Å²) >= 11 is 0. The van der Waals surface area contributed by atoms with E-state index in [4.69, 9.17) is 4.74 Å². The van der Waals surface area contributed by atoms with E-state index in [9.17, 15) is 8.42 Å². The van der Waals surface area contributed by atoms with E-state index in [1.807, 2.05) is 13.0 Å². The van der Waals surface area contributed by atoms with E-state index in [1.54, 1.807) is 12.1 Å². The highest BCUT2D eigenvalue weighted by Gasteiger charge is 2.07. The van der Waals surface area contributed by atoms with Crippen LogP contribution in [-0.4, -0.2) is 21.8 Å². The number of aryl methyl sites for hydroxylation is 1. The molecule has 1 N–H and O–H groups in total. The maximum Gasteiger partial charge on any atom is 0.229 e. The van der Waals surface area contributed by atoms with Gasteiger partial charge < -0.3 is 4.74 Å². The van der Waals surface area contributed by atoms with Crippen LogP contribution in [0.25, 0.3) is 0 Å². The first-order valence-electron chi connectivity index (χ1n) is 4.05. The first-order chi connectivity index (χ1) is 6.42. The highest BCUT2D eigenvalue weighted by atomic mass is 32.2. The van der Waals surface area contributed by atoms with Crippen LogP contribution in [0.1, 0.15) is 5.56 Å². The molecule has 0 amide bonds. The lowest BCUT2D eigenvalue weighted by Crippen LogP contribution is -2.10. The van der Waals surface area contributed by atoms with Gasteiger partial charge in [-0.1, -0.05) is 6.07 Å². The lowest BCUT2D eigenvalue weighted by atomic mass is 10.2. The molecular formula is C9H13NO3S. The van der Waals surface area contributed by atoms with Crippen molar-refractivity contribution in [3.05, 3.63) is 23.8 Å². The quantitative estimate of drug-likeness (QED) is 0.828. The Kier molecular flexibility index (Phi) is 3.00. The van der Waals surface area contributed by atoms with E-state index in [0.717, 1.165) is 11.8 Å². The van der Waals surface area contributed by atoms with Crippen molar-refractivity contribution in [2.45, 2.75) is 6.92 Å². The molecule has 0 bridgehead atoms. The summed E-state index contributed by atoms with van der Waals surface area (Å²) in [6.45, 7) is 1.91. The van der Waals surface area contributed by atoms with Gasteiger partial charge in [-0.15, -0.1) is 0 Å². The van der Waals surface area contributed by atoms with Gasteiger partial charge in [-0.25, -0.2) is 8.42 Å². The van der Waals surface area contributed by atoms with Gasteiger partial charge in [-0.2, -0.15) is 0 Å². The van der Waals surface area contributed by atoms with E-state index >= 15 is 0 Å². The number of benzene rings is 1. The molecular weight excluding hydrogens is 202 g/mol. The molecule has 1 aromatic rings. The van der Waals surface area contributed by atoms with Gasteiger partial charge >= 0.3 is 0 Å². The first-order valence-corrected chi connectivity index (χ1v) is 5.94. The molecule has 0 heterocycles. The predicted molar refractivity (Wildman–Crippen MR) is 56.2 cm³/mol. The van der Waals surface area contributed by atoms with Crippen molar-refractivity contribution in [3.63, 3.8) is 0 Å². The lowest BCUT2D eigenvalue weighted by Gasteiger charge is -2.09. The molecule has 14 heavy (non-hydrogen) atoms. The Morgan fingerprint density at radius 3 is 2.50 bits per heavy atom. The lowest BCUT2D eigenvalue weighted by molar-refractivity contribution is 0.416. The summed E-state index contributed by atoms with van der Waals surface area (Å²) in [6.07, 6.45) is 1.10. The topological polar surface area (TPSA) is 55.4 Å². The van der Waals surface area contributed by atoms with E-state index in [1.165, 1.54) is 7.11 Å². The Hall–Kier alpha value is -1.23. The van der Waals surface area contributed by atoms with Crippen molar-refractivity contribution < 1.29 is 13.2 Å². The van der Waals surface area contributed by atoms with E-state index < -0.39 is 10.0 Å². The summed E-state index contributed by atoms with van der Waals surface area (Å²) in [7, 11) is -1.75. The summed E-state index contributed by atoms with van der Waals surface area (Å²) in [5.41, 5.74) is 1.47. The van der Waals surface area contributed by atoms with Crippen LogP contribution in [0.5, 0.6) is 5.75 Å². The second-order valence-electron chi connectivity index (χ2n) is 3.08. The van der Waals surface area contributed by atoms with Gasteiger partial charge in [-0.3, -0.25) is 4.72 Å². The minimum atomic E-state index is -3.25. The Labute approximate surface area is 84.0 Å². The largest absolute Gasteiger partial charge is 0.495 e. The number of rotatable bonds is 3. The standard InChI is InChI=1S/C9H13NO3S/c1-7-4-5-8(9(6-7)13-2)10-14(3,11)12/h4-6,10H,1-3H3. The highest BCUT2D eigenvalue weighted by Crippen LogP contribution is 2.25. The average Bonchev–Trinajstić information content (AvgIpc) is 2.06. The van der Waals surface area contributed by atoms with Crippen molar-refractivity contribution in [2.75, 3.05) is 18.1 Å². The fourth-order valence-electron chi connectivity index (χ4n) is 1.08. The Bertz CT molecular complexity index is 426. The van der Waals surface area contributed by atoms with Crippen LogP contribution in [0, 0.1) is 6.92 Å². The second kappa shape index (κ2) is 3.88. The smallest absolute Gasteiger partial charge is 0.229 e. The Morgan fingerprint density at radius 2 is 2.00 bits per heavy atom. The number of sulfonamides is 1. The zero-order chi connectivity index (χ0) is 10.8. The average molecular weight is 215 g/mol. The van der Waals surface area contributed by atoms with Crippen molar-refractivity contribution in [2.24, 2.45) is 0 Å². The third-order valence-electron chi connectivity index (χ3n) is 1.65. The molecule has 0 saturated heterocycles. The number of methoxy groups -OCH3 is 1. The first kappa shape index (κ1) is 10.8. The molecule has 1 aromatic carbocycles. The molecule has 0 aliphatic heterocycles. The third kappa shape index (κ3) is 2.92. The second-order valence-corrected chi connectivity index (χ2v) is 4.83. The summed E-state index contributed by atoms with van der Waals surface area (Å²) < 4.78 is 29.4. The SMILES string of the molecule is COc1cc(C)ccc1NS(C)(=O)=O. The molecule has 0 radical (unpaired) electrons. The normalized spacial score (nSPS) is 11.1. The number of ether oxygens (including phenoxy) is 1. The maximum atomic E-state index is 11.0. The Balaban J connectivity index is 3.09. The fraction of sp³-hybridized carbons (Fsp3) is 0.333. The number of hydrogen-bond acceptors (Lipinski definition) is 3. The summed E-state index contributed by atoms with van der Waals surface area (Å²) in [4.78, 5) is 0. The summed E-state index contributed by atoms with van der Waals surface area (Å²) in [5, 5.41) is 0. The van der Waals surface area contributed by atoms with Crippen molar-refractivity contribution in [3.8, 4) is 5.75 Å². The van der Waals surface area contributed by atoms with E-state index in [2.05, 4.69) is 4.72 Å². The van der Waals surface area contributed by atoms with Gasteiger partial charge in [-0.05, 0) is 24.6 Å². The molecule has 0 spiro atoms. The molecule has 5 heteroatoms. The van der Waals surface area contributed by atoms with E-state index in [0.29, 0.717) is 11.4 Å². The summed E-state index contributed by atoms with van der Waals surface area (Å²) in [5.74, 6) is 0.524. The summed E-state index contributed by atoms with van der Waals surface area (Å²) in [6, 6.07) is 5.26. The van der Waals surface area contributed by atoms with Crippen LogP contribution in [-0.2, 0) is 10.0 Å². The van der Waals surface area contributed by atoms with Gasteiger partial charge in [0.25, 0.3) is 0 Å². The van der Waals surface area contributed by atoms with Crippen molar-refractivity contribution in [1.29, 1.82) is 0 Å². The minimum absolute atomic E-state index is 0.459. The van der Waals surface area contributed by atoms with Gasteiger partial charge in [0, 0.05) is 0 Å². The van der Waals surface area contributed by atoms with Crippen LogP contribution >= 0.6 is 0 Å². The van der Waals surface area contributed by atoms with Gasteiger partial charge in [0.05, 0.1) is 19.1 Å². The number of anilines is 1. The number of nitrogens with one attached hydrogen (secondary N) is 1. The minimum Gasteiger partial charge on any atom is -0.495 e. The highest BCUT2D eigenvalue weighted by molar-refractivity contribution is 7.92. The molecule has 0 fully saturated rings. The molecule has 0 atom stereocenters. The predicted octanol–water partition coefficient (Wildman–Crippen LogP) is 1.38. The number of hydrogen-bond donors (Lipinski definition) is 1. The fourth-order valence-corrected chi connectivity index (χ4v) is 1.65. The molecule has 0 aliphatic rings. The molecule has 1 rings (SSSR count). The molecule has 78 valence electrons. The molecule has 0 saturated carbocycles. The van der Waals surface area contributed by atoms with Crippen molar-refractivity contribution >= 4 is 15.7 Å². The van der Waals surface area contributed by atoms with Crippen LogP contribution in [0.3, 0.4) is 0 Å². The van der Waals surface area contributed by atoms with Crippen molar-refractivity contribution in [1.82, 2.24) is 0 Å². The molecule has 0 aromatic heterocycles. The van der Waals surface area contributed by atoms with Gasteiger partial charge in [0.15, 0.2) is 0 Å². The van der Waals surface area contributed by atoms with Crippen LogP contribution in [0.2, 0.25) is 0 Å². The molecule has 0 aliphatic carbocycles. The van der Waals surface area contributed by atoms with E-state index in [-0.39, 0.29) is 0 Å². The maximum absolute atomic E-state index is 11.0. The monoisotopic (exact) mass is 215 g/mol. The van der Waals surface area contributed by atoms with Crippen LogP contribution < -0.4 is 9.46 Å².